The SMILES string of the molecule is C=[S-](=O)S/N=C\c1oc2c(F)cc(F)cc2c1C. The molecule has 0 amide bonds. The second-order valence-corrected chi connectivity index (χ2v) is 6.00. The summed E-state index contributed by atoms with van der Waals surface area (Å²) in [6.45, 7) is 1.66. The topological polar surface area (TPSA) is 42.6 Å². The lowest BCUT2D eigenvalue weighted by molar-refractivity contribution is 0.543. The van der Waals surface area contributed by atoms with Gasteiger partial charge in [0.2, 0.25) is 0 Å². The molecule has 3 nitrogen and oxygen atoms in total. The third-order valence-corrected chi connectivity index (χ3v) is 3.40. The smallest absolute Gasteiger partial charge is 0.170 e. The first-order valence-corrected chi connectivity index (χ1v) is 7.40. The van der Waals surface area contributed by atoms with Gasteiger partial charge in [-0.15, -0.1) is 11.0 Å². The van der Waals surface area contributed by atoms with E-state index in [2.05, 4.69) is 10.3 Å². The Morgan fingerprint density at radius 3 is 2.89 bits per heavy atom. The van der Waals surface area contributed by atoms with Crippen LogP contribution in [0.4, 0.5) is 8.78 Å². The molecule has 0 spiro atoms. The number of halogens is 2. The minimum Gasteiger partial charge on any atom is -0.452 e. The molecule has 0 atom stereocenters. The number of hydrogen-bond donors (Lipinski definition) is 0. The van der Waals surface area contributed by atoms with Crippen LogP contribution in [-0.2, 0) is 13.6 Å². The van der Waals surface area contributed by atoms with Gasteiger partial charge in [0.15, 0.2) is 11.4 Å². The van der Waals surface area contributed by atoms with Gasteiger partial charge in [-0.3, -0.25) is 0 Å². The molecule has 0 aliphatic carbocycles. The van der Waals surface area contributed by atoms with Gasteiger partial charge in [-0.1, -0.05) is 0 Å². The summed E-state index contributed by atoms with van der Waals surface area (Å²) in [7, 11) is -0.624. The second kappa shape index (κ2) is 5.11. The van der Waals surface area contributed by atoms with Crippen LogP contribution in [0, 0.1) is 18.6 Å². The maximum Gasteiger partial charge on any atom is 0.170 e. The van der Waals surface area contributed by atoms with Crippen molar-refractivity contribution in [3.8, 4) is 0 Å². The van der Waals surface area contributed by atoms with Gasteiger partial charge in [-0.2, -0.15) is 5.87 Å². The lowest BCUT2D eigenvalue weighted by Gasteiger charge is -1.92. The van der Waals surface area contributed by atoms with Crippen molar-refractivity contribution in [1.29, 1.82) is 0 Å². The molecule has 0 saturated heterocycles. The number of furan rings is 1. The fourth-order valence-electron chi connectivity index (χ4n) is 1.50. The second-order valence-electron chi connectivity index (χ2n) is 3.47. The standard InChI is InChI=1S/C11H8F2NO2S2/c1-6-8-3-7(12)4-9(13)11(8)16-10(6)5-14-17-18(2)15/h3-5H,2H2,1H3/q-1/b14-5-. The molecule has 1 aromatic carbocycles. The van der Waals surface area contributed by atoms with Gasteiger partial charge >= 0.3 is 0 Å². The Bertz CT molecular complexity index is 697. The van der Waals surface area contributed by atoms with Gasteiger partial charge in [0.1, 0.15) is 11.6 Å². The molecule has 7 heteroatoms. The lowest BCUT2D eigenvalue weighted by Crippen LogP contribution is -1.81. The number of benzene rings is 1. The minimum absolute atomic E-state index is 0.0175. The van der Waals surface area contributed by atoms with Crippen LogP contribution in [0.15, 0.2) is 20.9 Å². The molecule has 96 valence electrons. The Morgan fingerprint density at radius 1 is 1.50 bits per heavy atom. The summed E-state index contributed by atoms with van der Waals surface area (Å²) in [5.74, 6) is 2.11. The molecule has 18 heavy (non-hydrogen) atoms. The van der Waals surface area contributed by atoms with E-state index in [1.807, 2.05) is 0 Å². The van der Waals surface area contributed by atoms with Crippen LogP contribution in [0.5, 0.6) is 0 Å². The molecule has 0 bridgehead atoms. The van der Waals surface area contributed by atoms with Crippen molar-refractivity contribution in [2.45, 2.75) is 6.92 Å². The van der Waals surface area contributed by atoms with Gasteiger partial charge in [0, 0.05) is 17.0 Å². The quantitative estimate of drug-likeness (QED) is 0.286. The lowest BCUT2D eigenvalue weighted by atomic mass is 10.1. The van der Waals surface area contributed by atoms with Crippen molar-refractivity contribution in [3.05, 3.63) is 35.1 Å². The van der Waals surface area contributed by atoms with E-state index in [1.54, 1.807) is 6.92 Å². The monoisotopic (exact) mass is 288 g/mol. The number of rotatable bonds is 3. The van der Waals surface area contributed by atoms with Crippen LogP contribution in [0.2, 0.25) is 0 Å². The molecule has 0 radical (unpaired) electrons. The van der Waals surface area contributed by atoms with Gasteiger partial charge in [0.25, 0.3) is 0 Å². The summed E-state index contributed by atoms with van der Waals surface area (Å²) in [6.07, 6.45) is 1.31. The van der Waals surface area contributed by atoms with Crippen LogP contribution < -0.4 is 0 Å². The normalized spacial score (nSPS) is 12.0. The average Bonchev–Trinajstić information content (AvgIpc) is 2.57. The fraction of sp³-hybridized carbons (Fsp3) is 0.0909. The van der Waals surface area contributed by atoms with Crippen molar-refractivity contribution in [3.63, 3.8) is 0 Å². The number of hydrogen-bond acceptors (Lipinski definition) is 5. The summed E-state index contributed by atoms with van der Waals surface area (Å²) >= 11 is 0. The van der Waals surface area contributed by atoms with E-state index >= 15 is 0 Å². The third-order valence-electron chi connectivity index (χ3n) is 2.29. The molecule has 0 aliphatic rings. The zero-order valence-electron chi connectivity index (χ0n) is 9.28. The van der Waals surface area contributed by atoms with Gasteiger partial charge < -0.3 is 8.63 Å². The molecule has 0 saturated carbocycles. The van der Waals surface area contributed by atoms with Crippen LogP contribution in [0.1, 0.15) is 11.3 Å². The maximum atomic E-state index is 13.4. The van der Waals surface area contributed by atoms with E-state index < -0.39 is 21.1 Å². The molecular weight excluding hydrogens is 280 g/mol. The highest BCUT2D eigenvalue weighted by atomic mass is 33.1. The molecule has 0 N–H and O–H groups in total. The number of fused-ring (bicyclic) bond motifs is 1. The predicted octanol–water partition coefficient (Wildman–Crippen LogP) is 3.40. The molecule has 0 fully saturated rings. The molecular formula is C11H8F2NO2S2-. The molecule has 2 rings (SSSR count). The molecule has 1 aromatic heterocycles. The van der Waals surface area contributed by atoms with Crippen LogP contribution in [0.3, 0.4) is 0 Å². The van der Waals surface area contributed by atoms with E-state index in [1.165, 1.54) is 12.3 Å². The van der Waals surface area contributed by atoms with E-state index in [4.69, 9.17) is 4.42 Å². The van der Waals surface area contributed by atoms with Crippen molar-refractivity contribution in [2.24, 2.45) is 4.40 Å². The van der Waals surface area contributed by atoms with E-state index in [9.17, 15) is 13.0 Å². The molecule has 0 aliphatic heterocycles. The third kappa shape index (κ3) is 2.56. The van der Waals surface area contributed by atoms with E-state index in [0.717, 1.165) is 17.0 Å². The summed E-state index contributed by atoms with van der Waals surface area (Å²) in [5, 5.41) is 0.356. The van der Waals surface area contributed by atoms with Gasteiger partial charge in [-0.05, 0) is 13.0 Å². The van der Waals surface area contributed by atoms with E-state index in [-0.39, 0.29) is 5.58 Å². The van der Waals surface area contributed by atoms with Crippen molar-refractivity contribution in [2.75, 3.05) is 0 Å². The maximum absolute atomic E-state index is 13.4. The average molecular weight is 288 g/mol. The predicted molar refractivity (Wildman–Crippen MR) is 71.2 cm³/mol. The fourth-order valence-corrected chi connectivity index (χ4v) is 2.15. The Balaban J connectivity index is 2.50. The first-order valence-electron chi connectivity index (χ1n) is 4.79. The first-order chi connectivity index (χ1) is 8.49. The Morgan fingerprint density at radius 2 is 2.22 bits per heavy atom. The Labute approximate surface area is 107 Å². The van der Waals surface area contributed by atoms with Crippen molar-refractivity contribution < 1.29 is 17.4 Å². The van der Waals surface area contributed by atoms with Crippen LogP contribution >= 0.6 is 11.0 Å². The molecule has 0 unspecified atom stereocenters. The Hall–Kier alpha value is -1.34. The minimum atomic E-state index is -1.38. The molecule has 2 aromatic rings. The van der Waals surface area contributed by atoms with E-state index in [0.29, 0.717) is 16.7 Å². The largest absolute Gasteiger partial charge is 0.452 e. The number of aryl methyl sites for hydroxylation is 1. The summed E-state index contributed by atoms with van der Waals surface area (Å²) < 4.78 is 46.2. The highest BCUT2D eigenvalue weighted by Crippen LogP contribution is 2.27. The zero-order valence-corrected chi connectivity index (χ0v) is 10.9. The zero-order chi connectivity index (χ0) is 13.3. The van der Waals surface area contributed by atoms with Crippen molar-refractivity contribution >= 4 is 43.5 Å². The van der Waals surface area contributed by atoms with Crippen LogP contribution in [0.25, 0.3) is 11.0 Å². The molecule has 1 heterocycles. The van der Waals surface area contributed by atoms with Gasteiger partial charge in [-0.25, -0.2) is 22.6 Å². The highest BCUT2D eigenvalue weighted by molar-refractivity contribution is 8.66. The van der Waals surface area contributed by atoms with Crippen molar-refractivity contribution in [1.82, 2.24) is 0 Å². The summed E-state index contributed by atoms with van der Waals surface area (Å²) in [4.78, 5) is 0. The first kappa shape index (κ1) is 13.1. The summed E-state index contributed by atoms with van der Waals surface area (Å²) in [5.41, 5.74) is 0.554. The van der Waals surface area contributed by atoms with Gasteiger partial charge in [0.05, 0.1) is 6.21 Å². The number of nitrogens with zero attached hydrogens (tertiary/aromatic N) is 1. The Kier molecular flexibility index (Phi) is 3.72. The van der Waals surface area contributed by atoms with Crippen LogP contribution in [-0.4, -0.2) is 12.1 Å². The summed E-state index contributed by atoms with van der Waals surface area (Å²) in [6, 6.07) is 1.95. The highest BCUT2D eigenvalue weighted by Gasteiger charge is 2.14.